The van der Waals surface area contributed by atoms with Crippen molar-refractivity contribution in [2.75, 3.05) is 26.2 Å². The van der Waals surface area contributed by atoms with Crippen molar-refractivity contribution in [3.63, 3.8) is 0 Å². The van der Waals surface area contributed by atoms with E-state index >= 15 is 0 Å². The summed E-state index contributed by atoms with van der Waals surface area (Å²) in [5.74, 6) is 0.454. The third-order valence-electron chi connectivity index (χ3n) is 3.54. The van der Waals surface area contributed by atoms with Crippen LogP contribution in [0.4, 0.5) is 0 Å². The Morgan fingerprint density at radius 1 is 1.42 bits per heavy atom. The highest BCUT2D eigenvalue weighted by molar-refractivity contribution is 5.79. The van der Waals surface area contributed by atoms with Crippen molar-refractivity contribution in [3.05, 3.63) is 42.0 Å². The molecule has 1 amide bonds. The largest absolute Gasteiger partial charge is 0.339 e. The van der Waals surface area contributed by atoms with E-state index < -0.39 is 0 Å². The molecule has 0 unspecified atom stereocenters. The van der Waals surface area contributed by atoms with E-state index in [1.165, 1.54) is 5.56 Å². The summed E-state index contributed by atoms with van der Waals surface area (Å²) in [4.78, 5) is 14.2. The first-order chi connectivity index (χ1) is 9.31. The van der Waals surface area contributed by atoms with Crippen LogP contribution in [0.3, 0.4) is 0 Å². The zero-order valence-electron chi connectivity index (χ0n) is 11.5. The van der Waals surface area contributed by atoms with Gasteiger partial charge in [-0.1, -0.05) is 42.5 Å². The van der Waals surface area contributed by atoms with Gasteiger partial charge in [0.2, 0.25) is 5.91 Å². The summed E-state index contributed by atoms with van der Waals surface area (Å²) in [6.07, 6.45) is 5.11. The molecule has 1 aromatic rings. The van der Waals surface area contributed by atoms with Crippen LogP contribution in [0.15, 0.2) is 36.4 Å². The lowest BCUT2D eigenvalue weighted by Gasteiger charge is -2.22. The van der Waals surface area contributed by atoms with Crippen molar-refractivity contribution >= 4 is 12.0 Å². The normalized spacial score (nSPS) is 18.9. The molecule has 2 rings (SSSR count). The van der Waals surface area contributed by atoms with Gasteiger partial charge in [0.15, 0.2) is 0 Å². The van der Waals surface area contributed by atoms with E-state index in [4.69, 9.17) is 0 Å². The number of carbonyl (C=O) groups excluding carboxylic acids is 1. The van der Waals surface area contributed by atoms with Gasteiger partial charge in [0, 0.05) is 19.6 Å². The number of nitrogens with zero attached hydrogens (tertiary/aromatic N) is 1. The molecule has 1 atom stereocenters. The molecule has 19 heavy (non-hydrogen) atoms. The summed E-state index contributed by atoms with van der Waals surface area (Å²) in [6, 6.07) is 10.2. The molecule has 3 heteroatoms. The summed E-state index contributed by atoms with van der Waals surface area (Å²) in [7, 11) is 0. The van der Waals surface area contributed by atoms with Crippen molar-refractivity contribution in [3.8, 4) is 0 Å². The van der Waals surface area contributed by atoms with Crippen LogP contribution < -0.4 is 5.32 Å². The number of benzene rings is 1. The van der Waals surface area contributed by atoms with E-state index in [1.807, 2.05) is 30.0 Å². The van der Waals surface area contributed by atoms with Crippen molar-refractivity contribution in [2.24, 2.45) is 5.92 Å². The predicted molar refractivity (Wildman–Crippen MR) is 78.7 cm³/mol. The highest BCUT2D eigenvalue weighted by Gasteiger charge is 2.25. The predicted octanol–water partition coefficient (Wildman–Crippen LogP) is 2.16. The molecule has 1 saturated heterocycles. The van der Waals surface area contributed by atoms with E-state index in [-0.39, 0.29) is 11.8 Å². The van der Waals surface area contributed by atoms with Gasteiger partial charge in [0.1, 0.15) is 0 Å². The lowest BCUT2D eigenvalue weighted by molar-refractivity contribution is -0.134. The summed E-state index contributed by atoms with van der Waals surface area (Å²) in [5, 5.41) is 3.25. The maximum Gasteiger partial charge on any atom is 0.227 e. The maximum atomic E-state index is 12.3. The molecule has 1 N–H and O–H groups in total. The Bertz CT molecular complexity index is 422. The Balaban J connectivity index is 1.88. The zero-order chi connectivity index (χ0) is 13.5. The average Bonchev–Trinajstić information content (AvgIpc) is 2.98. The first kappa shape index (κ1) is 13.8. The standard InChI is InChI=1S/C16H22N2O/c1-2-18(16(19)15-10-11-17-13-15)12-6-9-14-7-4-3-5-8-14/h3-9,15,17H,2,10-13H2,1H3/b9-6+/t15-/m0/s1. The number of rotatable bonds is 5. The van der Waals surface area contributed by atoms with Crippen molar-refractivity contribution in [1.29, 1.82) is 0 Å². The van der Waals surface area contributed by atoms with E-state index in [9.17, 15) is 4.79 Å². The van der Waals surface area contributed by atoms with Crippen molar-refractivity contribution in [1.82, 2.24) is 10.2 Å². The molecule has 0 radical (unpaired) electrons. The van der Waals surface area contributed by atoms with Crippen molar-refractivity contribution in [2.45, 2.75) is 13.3 Å². The molecule has 1 aromatic carbocycles. The highest BCUT2D eigenvalue weighted by Crippen LogP contribution is 2.12. The Morgan fingerprint density at radius 3 is 2.84 bits per heavy atom. The fraction of sp³-hybridized carbons (Fsp3) is 0.438. The number of nitrogens with one attached hydrogen (secondary N) is 1. The van der Waals surface area contributed by atoms with Crippen molar-refractivity contribution < 1.29 is 4.79 Å². The van der Waals surface area contributed by atoms with Gasteiger partial charge in [-0.2, -0.15) is 0 Å². The van der Waals surface area contributed by atoms with E-state index in [2.05, 4.69) is 29.6 Å². The van der Waals surface area contributed by atoms with Gasteiger partial charge in [-0.15, -0.1) is 0 Å². The lowest BCUT2D eigenvalue weighted by Crippen LogP contribution is -2.37. The summed E-state index contributed by atoms with van der Waals surface area (Å²) in [6.45, 7) is 5.30. The van der Waals surface area contributed by atoms with E-state index in [1.54, 1.807) is 0 Å². The number of hydrogen-bond donors (Lipinski definition) is 1. The van der Waals surface area contributed by atoms with Crippen LogP contribution in [0, 0.1) is 5.92 Å². The minimum absolute atomic E-state index is 0.171. The SMILES string of the molecule is CCN(C/C=C/c1ccccc1)C(=O)[C@H]1CCNC1. The molecule has 1 fully saturated rings. The molecule has 3 nitrogen and oxygen atoms in total. The molecule has 0 saturated carbocycles. The number of hydrogen-bond acceptors (Lipinski definition) is 2. The summed E-state index contributed by atoms with van der Waals surface area (Å²) < 4.78 is 0. The van der Waals surface area contributed by atoms with Gasteiger partial charge >= 0.3 is 0 Å². The Hall–Kier alpha value is -1.61. The van der Waals surface area contributed by atoms with Crippen LogP contribution in [0.25, 0.3) is 6.08 Å². The smallest absolute Gasteiger partial charge is 0.227 e. The molecular weight excluding hydrogens is 236 g/mol. The van der Waals surface area contributed by atoms with Gasteiger partial charge in [-0.05, 0) is 25.5 Å². The number of carbonyl (C=O) groups is 1. The molecule has 0 aliphatic carbocycles. The monoisotopic (exact) mass is 258 g/mol. The van der Waals surface area contributed by atoms with Gasteiger partial charge in [-0.25, -0.2) is 0 Å². The second-order valence-corrected chi connectivity index (χ2v) is 4.88. The minimum Gasteiger partial charge on any atom is -0.339 e. The van der Waals surface area contributed by atoms with Crippen LogP contribution in [-0.2, 0) is 4.79 Å². The third-order valence-corrected chi connectivity index (χ3v) is 3.54. The summed E-state index contributed by atoms with van der Waals surface area (Å²) in [5.41, 5.74) is 1.17. The first-order valence-electron chi connectivity index (χ1n) is 7.02. The number of amides is 1. The molecule has 0 aromatic heterocycles. The average molecular weight is 258 g/mol. The number of likely N-dealkylation sites (N-methyl/N-ethyl adjacent to an activating group) is 1. The van der Waals surface area contributed by atoms with Gasteiger partial charge < -0.3 is 10.2 Å². The van der Waals surface area contributed by atoms with Crippen LogP contribution in [0.2, 0.25) is 0 Å². The van der Waals surface area contributed by atoms with Gasteiger partial charge in [0.25, 0.3) is 0 Å². The Labute approximate surface area is 115 Å². The second-order valence-electron chi connectivity index (χ2n) is 4.88. The van der Waals surface area contributed by atoms with Gasteiger partial charge in [0.05, 0.1) is 5.92 Å². The molecule has 102 valence electrons. The van der Waals surface area contributed by atoms with E-state index in [0.29, 0.717) is 6.54 Å². The Kier molecular flexibility index (Phi) is 5.16. The van der Waals surface area contributed by atoms with E-state index in [0.717, 1.165) is 26.1 Å². The second kappa shape index (κ2) is 7.10. The quantitative estimate of drug-likeness (QED) is 0.877. The van der Waals surface area contributed by atoms with Crippen LogP contribution >= 0.6 is 0 Å². The lowest BCUT2D eigenvalue weighted by atomic mass is 10.1. The topological polar surface area (TPSA) is 32.3 Å². The Morgan fingerprint density at radius 2 is 2.21 bits per heavy atom. The maximum absolute atomic E-state index is 12.3. The molecule has 1 heterocycles. The molecule has 1 aliphatic heterocycles. The van der Waals surface area contributed by atoms with Crippen LogP contribution in [0.5, 0.6) is 0 Å². The summed E-state index contributed by atoms with van der Waals surface area (Å²) >= 11 is 0. The fourth-order valence-corrected chi connectivity index (χ4v) is 2.38. The van der Waals surface area contributed by atoms with Gasteiger partial charge in [-0.3, -0.25) is 4.79 Å². The van der Waals surface area contributed by atoms with Crippen LogP contribution in [0.1, 0.15) is 18.9 Å². The minimum atomic E-state index is 0.171. The highest BCUT2D eigenvalue weighted by atomic mass is 16.2. The molecule has 1 aliphatic rings. The molecular formula is C16H22N2O. The van der Waals surface area contributed by atoms with Crippen LogP contribution in [-0.4, -0.2) is 37.0 Å². The third kappa shape index (κ3) is 3.93. The fourth-order valence-electron chi connectivity index (χ4n) is 2.38. The zero-order valence-corrected chi connectivity index (χ0v) is 11.5. The molecule has 0 spiro atoms. The first-order valence-corrected chi connectivity index (χ1v) is 7.02. The molecule has 0 bridgehead atoms.